The molecular formula is C38H72NO8P. The molecular weight excluding hydrogens is 629 g/mol. The van der Waals surface area contributed by atoms with Crippen molar-refractivity contribution in [1.82, 2.24) is 5.32 Å². The fraction of sp³-hybridized carbons (Fsp3) is 0.842. The largest absolute Gasteiger partial charge is 0.472 e. The standard InChI is InChI=1S/C38H72NO8P/c1-3-5-7-9-11-12-13-14-15-16-17-18-19-20-21-22-23-24-25-27-29-31-38(42)45-34-36(40)35-47-48(43,44)46-33-32-39-37(41)30-28-26-10-8-6-4-2/h11-12,14-15,36,40H,3-10,13,16-35H2,1-2H3,(H,39,41)(H,43,44)/b12-11-,15-14-. The summed E-state index contributed by atoms with van der Waals surface area (Å²) in [6, 6.07) is 0. The first-order valence-electron chi connectivity index (χ1n) is 19.3. The topological polar surface area (TPSA) is 131 Å². The number of amides is 1. The van der Waals surface area contributed by atoms with E-state index in [0.717, 1.165) is 44.9 Å². The summed E-state index contributed by atoms with van der Waals surface area (Å²) in [5, 5.41) is 12.6. The number of hydrogen-bond donors (Lipinski definition) is 3. The van der Waals surface area contributed by atoms with E-state index < -0.39 is 26.5 Å². The van der Waals surface area contributed by atoms with Gasteiger partial charge in [0.05, 0.1) is 13.2 Å². The molecule has 0 aromatic rings. The number of carbonyl (C=O) groups excluding carboxylic acids is 2. The number of phosphoric ester groups is 1. The van der Waals surface area contributed by atoms with Crippen LogP contribution in [0.25, 0.3) is 0 Å². The van der Waals surface area contributed by atoms with Crippen LogP contribution in [0.3, 0.4) is 0 Å². The summed E-state index contributed by atoms with van der Waals surface area (Å²) in [7, 11) is -4.40. The van der Waals surface area contributed by atoms with Gasteiger partial charge in [0.15, 0.2) is 0 Å². The summed E-state index contributed by atoms with van der Waals surface area (Å²) < 4.78 is 26.7. The molecule has 0 saturated carbocycles. The van der Waals surface area contributed by atoms with Crippen LogP contribution in [0.5, 0.6) is 0 Å². The predicted molar refractivity (Wildman–Crippen MR) is 197 cm³/mol. The minimum Gasteiger partial charge on any atom is -0.463 e. The fourth-order valence-electron chi connectivity index (χ4n) is 5.17. The molecule has 9 nitrogen and oxygen atoms in total. The van der Waals surface area contributed by atoms with E-state index in [0.29, 0.717) is 6.42 Å². The van der Waals surface area contributed by atoms with Gasteiger partial charge in [-0.15, -0.1) is 0 Å². The summed E-state index contributed by atoms with van der Waals surface area (Å²) >= 11 is 0. The first-order chi connectivity index (χ1) is 23.3. The van der Waals surface area contributed by atoms with E-state index in [1.54, 1.807) is 0 Å². The molecule has 0 fully saturated rings. The number of esters is 1. The normalized spacial score (nSPS) is 13.7. The van der Waals surface area contributed by atoms with E-state index in [4.69, 9.17) is 13.8 Å². The molecule has 1 amide bonds. The minimum atomic E-state index is -4.40. The van der Waals surface area contributed by atoms with Gasteiger partial charge in [0.25, 0.3) is 0 Å². The van der Waals surface area contributed by atoms with Crippen LogP contribution in [0.4, 0.5) is 0 Å². The second-order valence-electron chi connectivity index (χ2n) is 12.9. The number of ether oxygens (including phenoxy) is 1. The zero-order valence-electron chi connectivity index (χ0n) is 30.7. The van der Waals surface area contributed by atoms with E-state index in [1.165, 1.54) is 103 Å². The molecule has 0 bridgehead atoms. The van der Waals surface area contributed by atoms with Crippen molar-refractivity contribution in [2.24, 2.45) is 0 Å². The Morgan fingerprint density at radius 3 is 1.71 bits per heavy atom. The number of unbranched alkanes of at least 4 members (excludes halogenated alkanes) is 19. The molecule has 2 unspecified atom stereocenters. The number of aliphatic hydroxyl groups is 1. The van der Waals surface area contributed by atoms with E-state index in [9.17, 15) is 24.2 Å². The summed E-state index contributed by atoms with van der Waals surface area (Å²) in [6.45, 7) is 3.46. The van der Waals surface area contributed by atoms with Crippen LogP contribution in [0, 0.1) is 0 Å². The Morgan fingerprint density at radius 2 is 1.12 bits per heavy atom. The maximum atomic E-state index is 12.0. The van der Waals surface area contributed by atoms with E-state index in [-0.39, 0.29) is 32.1 Å². The molecule has 0 saturated heterocycles. The van der Waals surface area contributed by atoms with Crippen molar-refractivity contribution in [3.63, 3.8) is 0 Å². The molecule has 0 radical (unpaired) electrons. The predicted octanol–water partition coefficient (Wildman–Crippen LogP) is 10.0. The quantitative estimate of drug-likeness (QED) is 0.0255. The molecule has 3 N–H and O–H groups in total. The Balaban J connectivity index is 3.56. The summed E-state index contributed by atoms with van der Waals surface area (Å²) in [5.41, 5.74) is 0. The van der Waals surface area contributed by atoms with Crippen molar-refractivity contribution in [2.75, 3.05) is 26.4 Å². The second kappa shape index (κ2) is 35.3. The van der Waals surface area contributed by atoms with Gasteiger partial charge in [0.2, 0.25) is 5.91 Å². The van der Waals surface area contributed by atoms with Gasteiger partial charge in [-0.1, -0.05) is 141 Å². The van der Waals surface area contributed by atoms with Crippen molar-refractivity contribution in [3.05, 3.63) is 24.3 Å². The number of phosphoric acid groups is 1. The average molecular weight is 702 g/mol. The Morgan fingerprint density at radius 1 is 0.646 bits per heavy atom. The van der Waals surface area contributed by atoms with Crippen molar-refractivity contribution in [2.45, 2.75) is 180 Å². The number of allylic oxidation sites excluding steroid dienone is 4. The summed E-state index contributed by atoms with van der Waals surface area (Å²) in [6.07, 6.45) is 35.6. The third-order valence-corrected chi connectivity index (χ3v) is 9.12. The highest BCUT2D eigenvalue weighted by Gasteiger charge is 2.23. The monoisotopic (exact) mass is 701 g/mol. The highest BCUT2D eigenvalue weighted by atomic mass is 31.2. The molecule has 0 aliphatic carbocycles. The van der Waals surface area contributed by atoms with Crippen LogP contribution < -0.4 is 5.32 Å². The third kappa shape index (κ3) is 35.8. The molecule has 0 spiro atoms. The van der Waals surface area contributed by atoms with E-state index in [1.807, 2.05) is 0 Å². The number of rotatable bonds is 36. The van der Waals surface area contributed by atoms with Gasteiger partial charge in [-0.3, -0.25) is 18.6 Å². The third-order valence-electron chi connectivity index (χ3n) is 8.13. The molecule has 0 rings (SSSR count). The van der Waals surface area contributed by atoms with Gasteiger partial charge < -0.3 is 20.1 Å². The average Bonchev–Trinajstić information content (AvgIpc) is 3.07. The number of carbonyl (C=O) groups is 2. The van der Waals surface area contributed by atoms with Gasteiger partial charge >= 0.3 is 13.8 Å². The summed E-state index contributed by atoms with van der Waals surface area (Å²) in [5.74, 6) is -0.526. The van der Waals surface area contributed by atoms with Crippen molar-refractivity contribution >= 4 is 19.7 Å². The zero-order valence-corrected chi connectivity index (χ0v) is 31.6. The van der Waals surface area contributed by atoms with E-state index in [2.05, 4.69) is 43.5 Å². The van der Waals surface area contributed by atoms with Gasteiger partial charge in [0.1, 0.15) is 12.7 Å². The number of aliphatic hydroxyl groups excluding tert-OH is 1. The lowest BCUT2D eigenvalue weighted by molar-refractivity contribution is -0.147. The Hall–Kier alpha value is -1.51. The van der Waals surface area contributed by atoms with Gasteiger partial charge in [0, 0.05) is 19.4 Å². The van der Waals surface area contributed by atoms with Crippen LogP contribution >= 0.6 is 7.82 Å². The Labute approximate surface area is 293 Å². The molecule has 0 aliphatic heterocycles. The summed E-state index contributed by atoms with van der Waals surface area (Å²) in [4.78, 5) is 33.5. The van der Waals surface area contributed by atoms with Gasteiger partial charge in [-0.05, 0) is 44.9 Å². The highest BCUT2D eigenvalue weighted by Crippen LogP contribution is 2.42. The lowest BCUT2D eigenvalue weighted by atomic mass is 10.0. The molecule has 48 heavy (non-hydrogen) atoms. The molecule has 2 atom stereocenters. The fourth-order valence-corrected chi connectivity index (χ4v) is 5.93. The van der Waals surface area contributed by atoms with Gasteiger partial charge in [-0.25, -0.2) is 4.57 Å². The lowest BCUT2D eigenvalue weighted by Crippen LogP contribution is -2.27. The molecule has 10 heteroatoms. The molecule has 0 aromatic carbocycles. The smallest absolute Gasteiger partial charge is 0.463 e. The molecule has 282 valence electrons. The zero-order chi connectivity index (χ0) is 35.4. The highest BCUT2D eigenvalue weighted by molar-refractivity contribution is 7.47. The Kier molecular flexibility index (Phi) is 34.2. The van der Waals surface area contributed by atoms with E-state index >= 15 is 0 Å². The van der Waals surface area contributed by atoms with Crippen LogP contribution in [0.1, 0.15) is 174 Å². The minimum absolute atomic E-state index is 0.0826. The van der Waals surface area contributed by atoms with Crippen molar-refractivity contribution in [1.29, 1.82) is 0 Å². The first kappa shape index (κ1) is 46.5. The first-order valence-corrected chi connectivity index (χ1v) is 20.8. The van der Waals surface area contributed by atoms with Crippen LogP contribution in [-0.2, 0) is 27.9 Å². The van der Waals surface area contributed by atoms with Crippen molar-refractivity contribution < 1.29 is 37.9 Å². The molecule has 0 heterocycles. The van der Waals surface area contributed by atoms with Crippen molar-refractivity contribution in [3.8, 4) is 0 Å². The van der Waals surface area contributed by atoms with Crippen LogP contribution in [0.2, 0.25) is 0 Å². The van der Waals surface area contributed by atoms with Crippen LogP contribution in [0.15, 0.2) is 24.3 Å². The number of nitrogens with one attached hydrogen (secondary N) is 1. The maximum absolute atomic E-state index is 12.0. The molecule has 0 aromatic heterocycles. The molecule has 0 aliphatic rings. The second-order valence-corrected chi connectivity index (χ2v) is 14.4. The number of hydrogen-bond acceptors (Lipinski definition) is 7. The SMILES string of the molecule is CCCCC/C=C\C/C=C\CCCCCCCCCCCCCC(=O)OCC(O)COP(=O)(O)OCCNC(=O)CCCCCCCC. The van der Waals surface area contributed by atoms with Gasteiger partial charge in [-0.2, -0.15) is 0 Å². The maximum Gasteiger partial charge on any atom is 0.472 e. The Bertz CT molecular complexity index is 851. The van der Waals surface area contributed by atoms with Crippen LogP contribution in [-0.4, -0.2) is 54.3 Å². The lowest BCUT2D eigenvalue weighted by Gasteiger charge is -2.15.